The van der Waals surface area contributed by atoms with E-state index in [0.717, 1.165) is 13.8 Å². The van der Waals surface area contributed by atoms with E-state index in [-0.39, 0.29) is 75.0 Å². The van der Waals surface area contributed by atoms with Crippen LogP contribution in [0, 0.1) is 5.92 Å². The summed E-state index contributed by atoms with van der Waals surface area (Å²) in [5, 5.41) is 85.2. The molecule has 0 aromatic heterocycles. The minimum Gasteiger partial charge on any atom is -0.508 e. The summed E-state index contributed by atoms with van der Waals surface area (Å²) < 4.78 is 0. The number of hydrogen-bond donors (Lipinski definition) is 18. The zero-order valence-electron chi connectivity index (χ0n) is 45.4. The van der Waals surface area contributed by atoms with Crippen LogP contribution in [0.3, 0.4) is 0 Å². The van der Waals surface area contributed by atoms with E-state index in [1.54, 1.807) is 13.8 Å². The number of carboxylic acid groups (broad SMARTS) is 3. The van der Waals surface area contributed by atoms with E-state index in [9.17, 15) is 73.8 Å². The molecule has 0 spiro atoms. The van der Waals surface area contributed by atoms with Gasteiger partial charge in [0.15, 0.2) is 5.96 Å². The first kappa shape index (κ1) is 69.9. The molecule has 2 aromatic carbocycles. The maximum absolute atomic E-state index is 14.3. The number of aliphatic hydroxyl groups is 2. The van der Waals surface area contributed by atoms with Crippen molar-refractivity contribution >= 4 is 65.2 Å². The van der Waals surface area contributed by atoms with Crippen molar-refractivity contribution in [3.63, 3.8) is 0 Å². The molecule has 10 atom stereocenters. The smallest absolute Gasteiger partial charge is 0.326 e. The van der Waals surface area contributed by atoms with Gasteiger partial charge in [-0.1, -0.05) is 38.1 Å². The molecule has 0 aliphatic carbocycles. The van der Waals surface area contributed by atoms with Crippen molar-refractivity contribution in [2.75, 3.05) is 13.1 Å². The van der Waals surface area contributed by atoms with Gasteiger partial charge in [-0.15, -0.1) is 0 Å². The number of rotatable bonds is 34. The molecule has 0 radical (unpaired) electrons. The van der Waals surface area contributed by atoms with Crippen LogP contribution < -0.4 is 60.2 Å². The van der Waals surface area contributed by atoms with Gasteiger partial charge < -0.3 is 95.9 Å². The number of carbonyl (C=O) groups excluding carboxylic acids is 7. The van der Waals surface area contributed by atoms with Crippen molar-refractivity contribution in [1.82, 2.24) is 37.2 Å². The number of aliphatic imine (C=N–C) groups is 1. The lowest BCUT2D eigenvalue weighted by Crippen LogP contribution is -2.63. The highest BCUT2D eigenvalue weighted by atomic mass is 16.4. The van der Waals surface area contributed by atoms with Gasteiger partial charge in [0.2, 0.25) is 41.4 Å². The summed E-state index contributed by atoms with van der Waals surface area (Å²) in [7, 11) is 0. The molecule has 0 aliphatic heterocycles. The van der Waals surface area contributed by atoms with Crippen LogP contribution in [0.1, 0.15) is 97.1 Å². The molecule has 0 saturated carbocycles. The van der Waals surface area contributed by atoms with E-state index >= 15 is 0 Å². The maximum Gasteiger partial charge on any atom is 0.326 e. The minimum atomic E-state index is -1.89. The average molecular weight is 1130 g/mol. The molecule has 10 unspecified atom stereocenters. The largest absolute Gasteiger partial charge is 0.508 e. The number of amides is 7. The summed E-state index contributed by atoms with van der Waals surface area (Å²) in [6.07, 6.45) is -4.07. The van der Waals surface area contributed by atoms with Gasteiger partial charge in [-0.3, -0.25) is 48.1 Å². The van der Waals surface area contributed by atoms with Crippen LogP contribution in [0.2, 0.25) is 0 Å². The highest BCUT2D eigenvalue weighted by Crippen LogP contribution is 2.15. The SMILES string of the molecule is CC(=O)O.CC(C)CC(NC(=O)C(CCCCN)NC(=O)C(CCC(=O)O)NC(=O)C(Cc1ccc(O)cc1)NC(=O)C(NC(=O)C(Cc1ccc(O)cc1)NC(=O)C(NC(=O)C(N)CCCN=C(N)N)C(C)O)C(C)O)C(=O)O. The standard InChI is InChI=1S/C49H76N12O15.C2H4O2/c1-25(2)22-37(48(75)76)59-42(69)33(9-5-6-20-50)55-43(70)34(18-19-38(66)67)56-44(71)35(23-28-10-14-30(64)15-11-28)57-47(74)40(27(4)63)61-45(72)36(24-29-12-16-31(65)17-13-29)58-46(73)39(26(3)62)60-41(68)32(51)8-7-21-54-49(52)53;1-2(3)4/h10-17,25-27,32-37,39-40,62-65H,5-9,18-24,50-51H2,1-4H3,(H,55,70)(H,56,71)(H,57,74)(H,58,73)(H,59,69)(H,60,68)(H,61,72)(H,66,67)(H,75,76)(H4,52,53,54);1H3,(H,3,4). The molecule has 2 rings (SSSR count). The quantitative estimate of drug-likeness (QED) is 0.0185. The molecule has 0 saturated heterocycles. The van der Waals surface area contributed by atoms with Crippen LogP contribution in [0.15, 0.2) is 53.5 Å². The lowest BCUT2D eigenvalue weighted by atomic mass is 10.0. The Morgan fingerprint density at radius 2 is 0.912 bits per heavy atom. The molecular weight excluding hydrogens is 1050 g/mol. The Bertz CT molecular complexity index is 2380. The lowest BCUT2D eigenvalue weighted by Gasteiger charge is -2.29. The highest BCUT2D eigenvalue weighted by molar-refractivity contribution is 5.98. The normalized spacial score (nSPS) is 14.6. The highest BCUT2D eigenvalue weighted by Gasteiger charge is 2.37. The number of carboxylic acids is 3. The predicted molar refractivity (Wildman–Crippen MR) is 289 cm³/mol. The summed E-state index contributed by atoms with van der Waals surface area (Å²) in [6, 6.07) is -1.60. The second-order valence-corrected chi connectivity index (χ2v) is 19.3. The molecule has 446 valence electrons. The Morgan fingerprint density at radius 3 is 1.30 bits per heavy atom. The van der Waals surface area contributed by atoms with Crippen molar-refractivity contribution in [2.24, 2.45) is 33.8 Å². The molecule has 29 heteroatoms. The van der Waals surface area contributed by atoms with Crippen LogP contribution in [0.4, 0.5) is 0 Å². The molecule has 22 N–H and O–H groups in total. The van der Waals surface area contributed by atoms with Crippen molar-refractivity contribution in [3.05, 3.63) is 59.7 Å². The Labute approximate surface area is 462 Å². The van der Waals surface area contributed by atoms with Gasteiger partial charge in [-0.25, -0.2) is 4.79 Å². The number of nitrogens with one attached hydrogen (secondary N) is 7. The first-order chi connectivity index (χ1) is 37.4. The summed E-state index contributed by atoms with van der Waals surface area (Å²) >= 11 is 0. The molecule has 0 aliphatic rings. The molecule has 0 fully saturated rings. The molecule has 0 bridgehead atoms. The third-order valence-electron chi connectivity index (χ3n) is 11.6. The second-order valence-electron chi connectivity index (χ2n) is 19.3. The van der Waals surface area contributed by atoms with Gasteiger partial charge in [0.1, 0.15) is 53.8 Å². The van der Waals surface area contributed by atoms with Crippen LogP contribution in [0.5, 0.6) is 11.5 Å². The van der Waals surface area contributed by atoms with E-state index in [2.05, 4.69) is 42.2 Å². The zero-order valence-corrected chi connectivity index (χ0v) is 45.4. The van der Waals surface area contributed by atoms with Gasteiger partial charge >= 0.3 is 11.9 Å². The summed E-state index contributed by atoms with van der Waals surface area (Å²) in [4.78, 5) is 134. The number of unbranched alkanes of at least 4 members (excludes halogenated alkanes) is 1. The van der Waals surface area contributed by atoms with E-state index in [4.69, 9.17) is 32.8 Å². The van der Waals surface area contributed by atoms with Crippen LogP contribution >= 0.6 is 0 Å². The zero-order chi connectivity index (χ0) is 60.8. The molecule has 80 heavy (non-hydrogen) atoms. The van der Waals surface area contributed by atoms with E-state index in [0.29, 0.717) is 24.0 Å². The first-order valence-corrected chi connectivity index (χ1v) is 25.7. The average Bonchev–Trinajstić information content (AvgIpc) is 3.36. The number of aromatic hydroxyl groups is 2. The van der Waals surface area contributed by atoms with Gasteiger partial charge in [0, 0.05) is 32.7 Å². The molecule has 0 heterocycles. The maximum atomic E-state index is 14.3. The van der Waals surface area contributed by atoms with Crippen molar-refractivity contribution < 1.29 is 83.7 Å². The number of carbonyl (C=O) groups is 10. The summed E-state index contributed by atoms with van der Waals surface area (Å²) in [6.45, 7) is 7.27. The van der Waals surface area contributed by atoms with Crippen molar-refractivity contribution in [2.45, 2.75) is 159 Å². The predicted octanol–water partition coefficient (Wildman–Crippen LogP) is -3.37. The lowest BCUT2D eigenvalue weighted by molar-refractivity contribution is -0.143. The fourth-order valence-electron chi connectivity index (χ4n) is 7.46. The summed E-state index contributed by atoms with van der Waals surface area (Å²) in [5.41, 5.74) is 23.0. The topological polar surface area (TPSA) is 513 Å². The number of aliphatic hydroxyl groups excluding tert-OH is 2. The number of phenols is 2. The molecular formula is C51H80N12O17. The molecule has 2 aromatic rings. The number of aliphatic carboxylic acids is 3. The third kappa shape index (κ3) is 27.9. The van der Waals surface area contributed by atoms with Crippen molar-refractivity contribution in [3.8, 4) is 11.5 Å². The minimum absolute atomic E-state index is 0.0239. The van der Waals surface area contributed by atoms with E-state index < -0.39 is 133 Å². The number of hydrogen-bond acceptors (Lipinski definition) is 17. The van der Waals surface area contributed by atoms with Gasteiger partial charge in [0.25, 0.3) is 5.97 Å². The number of guanidine groups is 1. The van der Waals surface area contributed by atoms with E-state index in [1.807, 2.05) is 0 Å². The monoisotopic (exact) mass is 1130 g/mol. The first-order valence-electron chi connectivity index (χ1n) is 25.7. The summed E-state index contributed by atoms with van der Waals surface area (Å²) in [5.74, 6) is -11.3. The van der Waals surface area contributed by atoms with Gasteiger partial charge in [-0.05, 0) is 107 Å². The van der Waals surface area contributed by atoms with E-state index in [1.165, 1.54) is 55.5 Å². The van der Waals surface area contributed by atoms with Crippen LogP contribution in [-0.4, -0.2) is 175 Å². The molecule has 29 nitrogen and oxygen atoms in total. The number of nitrogens with zero attached hydrogens (tertiary/aromatic N) is 1. The second kappa shape index (κ2) is 36.1. The van der Waals surface area contributed by atoms with Crippen molar-refractivity contribution in [1.29, 1.82) is 0 Å². The van der Waals surface area contributed by atoms with Gasteiger partial charge in [-0.2, -0.15) is 0 Å². The van der Waals surface area contributed by atoms with Crippen LogP contribution in [0.25, 0.3) is 0 Å². The number of benzene rings is 2. The Balaban J connectivity index is 0.00000772. The number of nitrogens with two attached hydrogens (primary N) is 4. The third-order valence-corrected chi connectivity index (χ3v) is 11.6. The fraction of sp³-hybridized carbons (Fsp3) is 0.549. The number of phenolic OH excluding ortho intramolecular Hbond substituents is 2. The Hall–Kier alpha value is -8.15. The Kier molecular flexibility index (Phi) is 31.5. The van der Waals surface area contributed by atoms with Gasteiger partial charge in [0.05, 0.1) is 18.2 Å². The fourth-order valence-corrected chi connectivity index (χ4v) is 7.46. The molecule has 7 amide bonds. The van der Waals surface area contributed by atoms with Crippen LogP contribution in [-0.2, 0) is 60.8 Å². The Morgan fingerprint density at radius 1 is 0.525 bits per heavy atom.